The molecular formula is C39H48FN7O5S. The number of nitrogens with zero attached hydrogens (tertiary/aromatic N) is 6. The lowest BCUT2D eigenvalue weighted by molar-refractivity contribution is 0.0713. The molecule has 4 heterocycles. The number of ether oxygens (including phenoxy) is 2. The zero-order valence-electron chi connectivity index (χ0n) is 30.7. The normalized spacial score (nSPS) is 16.7. The second-order valence-electron chi connectivity index (χ2n) is 13.8. The molecule has 2 aromatic heterocycles. The molecule has 1 saturated heterocycles. The molecule has 0 spiro atoms. The number of hydrogen-bond donors (Lipinski definition) is 1. The van der Waals surface area contributed by atoms with E-state index in [-0.39, 0.29) is 35.4 Å². The Morgan fingerprint density at radius 3 is 2.53 bits per heavy atom. The predicted octanol–water partition coefficient (Wildman–Crippen LogP) is 5.76. The highest BCUT2D eigenvalue weighted by molar-refractivity contribution is 7.88. The second-order valence-corrected chi connectivity index (χ2v) is 15.6. The summed E-state index contributed by atoms with van der Waals surface area (Å²) >= 11 is 0. The molecule has 1 fully saturated rings. The van der Waals surface area contributed by atoms with Crippen LogP contribution in [0.4, 0.5) is 10.2 Å². The molecule has 1 amide bonds. The van der Waals surface area contributed by atoms with Crippen LogP contribution in [-0.4, -0.2) is 90.2 Å². The van der Waals surface area contributed by atoms with Gasteiger partial charge in [0.1, 0.15) is 29.7 Å². The van der Waals surface area contributed by atoms with Crippen LogP contribution in [0.15, 0.2) is 73.3 Å². The van der Waals surface area contributed by atoms with Gasteiger partial charge in [-0.1, -0.05) is 30.3 Å². The monoisotopic (exact) mass is 745 g/mol. The molecule has 0 aliphatic carbocycles. The third kappa shape index (κ3) is 9.48. The number of halogens is 1. The summed E-state index contributed by atoms with van der Waals surface area (Å²) in [6, 6.07) is 16.0. The van der Waals surface area contributed by atoms with Crippen LogP contribution in [-0.2, 0) is 23.0 Å². The number of carbonyl (C=O) groups excluding carboxylic acids is 1. The molecule has 14 heteroatoms. The van der Waals surface area contributed by atoms with Gasteiger partial charge in [0.2, 0.25) is 10.0 Å². The maximum absolute atomic E-state index is 14.4. The van der Waals surface area contributed by atoms with E-state index in [0.29, 0.717) is 57.0 Å². The van der Waals surface area contributed by atoms with Crippen molar-refractivity contribution in [3.63, 3.8) is 0 Å². The van der Waals surface area contributed by atoms with Crippen LogP contribution in [0.25, 0.3) is 0 Å². The molecule has 12 nitrogen and oxygen atoms in total. The van der Waals surface area contributed by atoms with Crippen molar-refractivity contribution >= 4 is 21.7 Å². The molecule has 2 aromatic carbocycles. The van der Waals surface area contributed by atoms with Crippen LogP contribution in [0.1, 0.15) is 73.3 Å². The fraction of sp³-hybridized carbons (Fsp3) is 0.436. The fourth-order valence-electron chi connectivity index (χ4n) is 7.22. The Morgan fingerprint density at radius 1 is 1.04 bits per heavy atom. The summed E-state index contributed by atoms with van der Waals surface area (Å²) in [5.74, 6) is 1.11. The zero-order chi connectivity index (χ0) is 37.5. The first-order valence-electron chi connectivity index (χ1n) is 18.2. The minimum absolute atomic E-state index is 0.0728. The van der Waals surface area contributed by atoms with Crippen molar-refractivity contribution in [2.75, 3.05) is 43.9 Å². The maximum atomic E-state index is 14.4. The summed E-state index contributed by atoms with van der Waals surface area (Å²) in [7, 11) is -3.35. The van der Waals surface area contributed by atoms with Crippen molar-refractivity contribution in [1.82, 2.24) is 29.5 Å². The minimum atomic E-state index is -3.35. The van der Waals surface area contributed by atoms with E-state index in [0.717, 1.165) is 36.5 Å². The molecule has 4 aromatic rings. The van der Waals surface area contributed by atoms with Gasteiger partial charge in [0.15, 0.2) is 11.6 Å². The van der Waals surface area contributed by atoms with E-state index in [2.05, 4.69) is 36.6 Å². The summed E-state index contributed by atoms with van der Waals surface area (Å²) in [6.07, 6.45) is 8.65. The Balaban J connectivity index is 1.18. The molecule has 0 bridgehead atoms. The van der Waals surface area contributed by atoms with Crippen LogP contribution in [0, 0.1) is 5.82 Å². The minimum Gasteiger partial charge on any atom is -0.490 e. The van der Waals surface area contributed by atoms with Crippen molar-refractivity contribution < 1.29 is 27.1 Å². The number of fused-ring (bicyclic) bond motifs is 1. The Morgan fingerprint density at radius 2 is 1.81 bits per heavy atom. The number of pyridine rings is 1. The number of benzene rings is 2. The van der Waals surface area contributed by atoms with Gasteiger partial charge in [0.05, 0.1) is 23.7 Å². The number of piperidine rings is 1. The van der Waals surface area contributed by atoms with Gasteiger partial charge in [0.25, 0.3) is 5.91 Å². The lowest BCUT2D eigenvalue weighted by Gasteiger charge is -2.39. The molecule has 1 N–H and O–H groups in total. The molecule has 6 rings (SSSR count). The largest absolute Gasteiger partial charge is 0.490 e. The van der Waals surface area contributed by atoms with E-state index in [1.165, 1.54) is 36.3 Å². The van der Waals surface area contributed by atoms with Crippen LogP contribution < -0.4 is 19.1 Å². The molecule has 0 radical (unpaired) electrons. The number of rotatable bonds is 14. The number of aromatic nitrogens is 3. The van der Waals surface area contributed by atoms with E-state index in [1.807, 2.05) is 45.0 Å². The lowest BCUT2D eigenvalue weighted by Crippen LogP contribution is -2.40. The Bertz CT molecular complexity index is 1980. The number of anilines is 1. The van der Waals surface area contributed by atoms with Crippen molar-refractivity contribution in [3.8, 4) is 17.2 Å². The van der Waals surface area contributed by atoms with E-state index in [1.54, 1.807) is 17.3 Å². The van der Waals surface area contributed by atoms with Gasteiger partial charge in [-0.05, 0) is 57.0 Å². The van der Waals surface area contributed by atoms with Gasteiger partial charge in [-0.2, -0.15) is 0 Å². The molecule has 282 valence electrons. The van der Waals surface area contributed by atoms with E-state index >= 15 is 0 Å². The molecule has 53 heavy (non-hydrogen) atoms. The third-order valence-electron chi connectivity index (χ3n) is 9.76. The molecule has 1 atom stereocenters. The van der Waals surface area contributed by atoms with Crippen molar-refractivity contribution in [3.05, 3.63) is 102 Å². The Labute approximate surface area is 311 Å². The van der Waals surface area contributed by atoms with E-state index < -0.39 is 15.8 Å². The fourth-order valence-corrected chi connectivity index (χ4v) is 7.71. The van der Waals surface area contributed by atoms with Gasteiger partial charge in [0, 0.05) is 82.4 Å². The number of amides is 1. The maximum Gasteiger partial charge on any atom is 0.257 e. The van der Waals surface area contributed by atoms with E-state index in [9.17, 15) is 17.6 Å². The second kappa shape index (κ2) is 17.0. The average molecular weight is 746 g/mol. The summed E-state index contributed by atoms with van der Waals surface area (Å²) in [5.41, 5.74) is 3.31. The first-order valence-corrected chi connectivity index (χ1v) is 20.1. The van der Waals surface area contributed by atoms with Crippen molar-refractivity contribution in [2.24, 2.45) is 0 Å². The van der Waals surface area contributed by atoms with Gasteiger partial charge in [-0.25, -0.2) is 27.5 Å². The summed E-state index contributed by atoms with van der Waals surface area (Å²) < 4.78 is 54.0. The highest BCUT2D eigenvalue weighted by Crippen LogP contribution is 2.40. The number of nitrogens with one attached hydrogen (secondary N) is 1. The average Bonchev–Trinajstić information content (AvgIpc) is 3.14. The number of carbonyl (C=O) groups is 1. The van der Waals surface area contributed by atoms with Gasteiger partial charge in [-0.3, -0.25) is 14.7 Å². The van der Waals surface area contributed by atoms with Crippen LogP contribution in [0.3, 0.4) is 0 Å². The molecule has 2 aliphatic rings. The van der Waals surface area contributed by atoms with Gasteiger partial charge in [-0.15, -0.1) is 0 Å². The third-order valence-corrected chi connectivity index (χ3v) is 10.5. The van der Waals surface area contributed by atoms with Crippen LogP contribution >= 0.6 is 0 Å². The topological polar surface area (TPSA) is 130 Å². The Kier molecular flexibility index (Phi) is 12.2. The number of sulfonamides is 1. The Hall–Kier alpha value is -4.66. The van der Waals surface area contributed by atoms with Crippen LogP contribution in [0.5, 0.6) is 17.2 Å². The lowest BCUT2D eigenvalue weighted by atomic mass is 9.92. The summed E-state index contributed by atoms with van der Waals surface area (Å²) in [5, 5.41) is 0. The first-order chi connectivity index (χ1) is 25.5. The smallest absolute Gasteiger partial charge is 0.257 e. The first kappa shape index (κ1) is 38.1. The van der Waals surface area contributed by atoms with Gasteiger partial charge >= 0.3 is 0 Å². The van der Waals surface area contributed by atoms with Crippen LogP contribution in [0.2, 0.25) is 0 Å². The quantitative estimate of drug-likeness (QED) is 0.170. The predicted molar refractivity (Wildman–Crippen MR) is 201 cm³/mol. The van der Waals surface area contributed by atoms with E-state index in [4.69, 9.17) is 14.5 Å². The molecule has 0 saturated carbocycles. The molecular weight excluding hydrogens is 698 g/mol. The SMILES string of the molecule is CCN(C(=O)c1cc(F)ccc1Oc1cncnc1N1CCC(Oc2ccnc3c2C(CCNS(C)(=O)=O)N(Cc2ccccc2)CC3)CC1)C(C)C. The van der Waals surface area contributed by atoms with Crippen molar-refractivity contribution in [2.45, 2.75) is 71.2 Å². The summed E-state index contributed by atoms with van der Waals surface area (Å²) in [4.78, 5) is 33.1. The summed E-state index contributed by atoms with van der Waals surface area (Å²) in [6.45, 7) is 9.26. The highest BCUT2D eigenvalue weighted by atomic mass is 32.2. The zero-order valence-corrected chi connectivity index (χ0v) is 31.6. The van der Waals surface area contributed by atoms with Crippen molar-refractivity contribution in [1.29, 1.82) is 0 Å². The highest BCUT2D eigenvalue weighted by Gasteiger charge is 2.33. The molecule has 2 aliphatic heterocycles. The molecule has 1 unspecified atom stereocenters. The standard InChI is InChI=1S/C39H48FN7O5S/c1-5-47(27(2)3)39(48)31-23-29(40)11-12-34(31)52-36-24-41-26-43-38(36)45-20-15-30(16-21-45)51-35-14-18-42-32-17-22-46(25-28-9-7-6-8-10-28)33(37(32)35)13-19-44-53(4,49)50/h6-12,14,18,23-24,26-27,30,33,44H,5,13,15-17,19-22,25H2,1-4H3. The van der Waals surface area contributed by atoms with Gasteiger partial charge < -0.3 is 19.3 Å². The number of hydrogen-bond acceptors (Lipinski definition) is 10.